The standard InChI is InChI=1S/C14H15F2N3O2S.K.H/c1-14(2,3)19-10-6-8(11(15)16)9(7-18-10)21-13(20)12-17-4-5-22-12;;/h4-7,11H,1-3H3,(H,18,19);;/q;+1;-1. The van der Waals surface area contributed by atoms with Crippen LogP contribution < -0.4 is 61.4 Å². The third kappa shape index (κ3) is 6.16. The molecular formula is C14H16F2KN3O2S. The first-order chi connectivity index (χ1) is 10.3. The van der Waals surface area contributed by atoms with Crippen molar-refractivity contribution in [3.05, 3.63) is 34.4 Å². The van der Waals surface area contributed by atoms with Crippen LogP contribution in [0.15, 0.2) is 23.8 Å². The van der Waals surface area contributed by atoms with E-state index in [1.165, 1.54) is 12.3 Å². The van der Waals surface area contributed by atoms with Crippen LogP contribution in [0.5, 0.6) is 5.75 Å². The van der Waals surface area contributed by atoms with Crippen LogP contribution in [0.3, 0.4) is 0 Å². The van der Waals surface area contributed by atoms with Gasteiger partial charge in [0.1, 0.15) is 5.82 Å². The summed E-state index contributed by atoms with van der Waals surface area (Å²) in [6.07, 6.45) is -0.243. The van der Waals surface area contributed by atoms with Crippen LogP contribution in [0.2, 0.25) is 0 Å². The number of ether oxygens (including phenoxy) is 1. The Bertz CT molecular complexity index is 667. The average molecular weight is 367 g/mol. The van der Waals surface area contributed by atoms with Gasteiger partial charge in [-0.1, -0.05) is 0 Å². The smallest absolute Gasteiger partial charge is 1.00 e. The number of carbonyl (C=O) groups excluding carboxylic acids is 1. The number of hydrogen-bond donors (Lipinski definition) is 1. The molecule has 0 aliphatic carbocycles. The van der Waals surface area contributed by atoms with Gasteiger partial charge in [-0.3, -0.25) is 0 Å². The zero-order valence-electron chi connectivity index (χ0n) is 14.3. The molecule has 0 amide bonds. The summed E-state index contributed by atoms with van der Waals surface area (Å²) in [6.45, 7) is 5.65. The van der Waals surface area contributed by atoms with Crippen LogP contribution >= 0.6 is 11.3 Å². The summed E-state index contributed by atoms with van der Waals surface area (Å²) < 4.78 is 31.3. The predicted octanol–water partition coefficient (Wildman–Crippen LogP) is 1.02. The minimum atomic E-state index is -2.79. The van der Waals surface area contributed by atoms with E-state index in [0.717, 1.165) is 17.5 Å². The van der Waals surface area contributed by atoms with Gasteiger partial charge in [-0.25, -0.2) is 23.5 Å². The topological polar surface area (TPSA) is 64.1 Å². The molecular weight excluding hydrogens is 351 g/mol. The number of nitrogens with one attached hydrogen (secondary N) is 1. The zero-order valence-corrected chi connectivity index (χ0v) is 17.2. The average Bonchev–Trinajstić information content (AvgIpc) is 2.92. The molecule has 2 rings (SSSR count). The third-order valence-electron chi connectivity index (χ3n) is 2.45. The molecule has 0 bridgehead atoms. The van der Waals surface area contributed by atoms with Gasteiger partial charge < -0.3 is 11.5 Å². The molecule has 9 heteroatoms. The molecule has 0 saturated carbocycles. The molecule has 5 nitrogen and oxygen atoms in total. The fourth-order valence-corrected chi connectivity index (χ4v) is 2.14. The Morgan fingerprint density at radius 2 is 2.09 bits per heavy atom. The van der Waals surface area contributed by atoms with Crippen molar-refractivity contribution in [2.45, 2.75) is 32.7 Å². The number of carbonyl (C=O) groups is 1. The molecule has 0 aromatic carbocycles. The van der Waals surface area contributed by atoms with E-state index in [9.17, 15) is 13.6 Å². The molecule has 2 aromatic rings. The first-order valence-electron chi connectivity index (χ1n) is 6.44. The summed E-state index contributed by atoms with van der Waals surface area (Å²) in [6, 6.07) is 1.18. The van der Waals surface area contributed by atoms with Gasteiger partial charge in [0.25, 0.3) is 6.43 Å². The number of alkyl halides is 2. The molecule has 2 aromatic heterocycles. The van der Waals surface area contributed by atoms with Crippen molar-refractivity contribution in [2.75, 3.05) is 5.32 Å². The predicted molar refractivity (Wildman–Crippen MR) is 80.8 cm³/mol. The van der Waals surface area contributed by atoms with E-state index >= 15 is 0 Å². The number of halogens is 2. The van der Waals surface area contributed by atoms with Crippen LogP contribution in [-0.4, -0.2) is 21.5 Å². The molecule has 0 unspecified atom stereocenters. The van der Waals surface area contributed by atoms with Gasteiger partial charge in [0.15, 0.2) is 5.75 Å². The Morgan fingerprint density at radius 1 is 1.39 bits per heavy atom. The number of thiazole rings is 1. The number of rotatable bonds is 4. The molecule has 0 fully saturated rings. The van der Waals surface area contributed by atoms with Gasteiger partial charge in [0.2, 0.25) is 5.01 Å². The third-order valence-corrected chi connectivity index (χ3v) is 3.20. The molecule has 1 N–H and O–H groups in total. The van der Waals surface area contributed by atoms with Crippen molar-refractivity contribution in [3.8, 4) is 5.75 Å². The molecule has 0 aliphatic rings. The van der Waals surface area contributed by atoms with E-state index in [1.807, 2.05) is 20.8 Å². The fourth-order valence-electron chi connectivity index (χ4n) is 1.63. The van der Waals surface area contributed by atoms with E-state index < -0.39 is 18.0 Å². The molecule has 23 heavy (non-hydrogen) atoms. The Kier molecular flexibility index (Phi) is 7.69. The maximum atomic E-state index is 13.2. The maximum absolute atomic E-state index is 13.2. The van der Waals surface area contributed by atoms with Crippen molar-refractivity contribution in [1.82, 2.24) is 9.97 Å². The summed E-state index contributed by atoms with van der Waals surface area (Å²) >= 11 is 1.07. The first-order valence-corrected chi connectivity index (χ1v) is 7.32. The Balaban J connectivity index is 0.00000264. The minimum Gasteiger partial charge on any atom is -1.00 e. The molecule has 0 atom stereocenters. The number of nitrogens with zero attached hydrogens (tertiary/aromatic N) is 2. The van der Waals surface area contributed by atoms with E-state index in [4.69, 9.17) is 4.74 Å². The Hall–Kier alpha value is -0.454. The van der Waals surface area contributed by atoms with Crippen LogP contribution in [0, 0.1) is 0 Å². The molecule has 0 spiro atoms. The van der Waals surface area contributed by atoms with Gasteiger partial charge in [-0.2, -0.15) is 0 Å². The quantitative estimate of drug-likeness (QED) is 0.646. The van der Waals surface area contributed by atoms with Gasteiger partial charge in [0, 0.05) is 17.1 Å². The van der Waals surface area contributed by atoms with Crippen molar-refractivity contribution >= 4 is 23.1 Å². The number of hydrogen-bond acceptors (Lipinski definition) is 6. The Morgan fingerprint density at radius 3 is 2.61 bits per heavy atom. The van der Waals surface area contributed by atoms with E-state index in [-0.39, 0.29) is 74.9 Å². The second-order valence-corrected chi connectivity index (χ2v) is 6.40. The summed E-state index contributed by atoms with van der Waals surface area (Å²) in [5, 5.41) is 4.68. The number of pyridine rings is 1. The number of aromatic nitrogens is 2. The zero-order chi connectivity index (χ0) is 16.3. The normalized spacial score (nSPS) is 11.0. The number of esters is 1. The monoisotopic (exact) mass is 367 g/mol. The van der Waals surface area contributed by atoms with Gasteiger partial charge in [0.05, 0.1) is 11.8 Å². The van der Waals surface area contributed by atoms with Crippen LogP contribution in [0.1, 0.15) is 44.0 Å². The minimum absolute atomic E-state index is 0. The summed E-state index contributed by atoms with van der Waals surface area (Å²) in [7, 11) is 0. The molecule has 120 valence electrons. The van der Waals surface area contributed by atoms with Crippen molar-refractivity contribution in [1.29, 1.82) is 0 Å². The van der Waals surface area contributed by atoms with Gasteiger partial charge in [-0.05, 0) is 26.8 Å². The van der Waals surface area contributed by atoms with E-state index in [1.54, 1.807) is 5.38 Å². The van der Waals surface area contributed by atoms with Crippen molar-refractivity contribution < 1.29 is 71.1 Å². The molecule has 0 aliphatic heterocycles. The Labute approximate surface area is 180 Å². The second-order valence-electron chi connectivity index (χ2n) is 5.51. The van der Waals surface area contributed by atoms with Crippen LogP contribution in [-0.2, 0) is 0 Å². The maximum Gasteiger partial charge on any atom is 1.00 e. The van der Waals surface area contributed by atoms with Crippen LogP contribution in [0.4, 0.5) is 14.6 Å². The van der Waals surface area contributed by atoms with E-state index in [2.05, 4.69) is 15.3 Å². The largest absolute Gasteiger partial charge is 1.00 e. The van der Waals surface area contributed by atoms with Crippen molar-refractivity contribution in [2.24, 2.45) is 0 Å². The SMILES string of the molecule is CC(C)(C)Nc1cc(C(F)F)c(OC(=O)c2nccs2)cn1.[H-].[K+]. The fraction of sp³-hybridized carbons (Fsp3) is 0.357. The molecule has 2 heterocycles. The summed E-state index contributed by atoms with van der Waals surface area (Å²) in [5.74, 6) is -0.762. The van der Waals surface area contributed by atoms with Gasteiger partial charge >= 0.3 is 57.4 Å². The van der Waals surface area contributed by atoms with E-state index in [0.29, 0.717) is 0 Å². The van der Waals surface area contributed by atoms with Gasteiger partial charge in [-0.15, -0.1) is 11.3 Å². The summed E-state index contributed by atoms with van der Waals surface area (Å²) in [4.78, 5) is 19.6. The first kappa shape index (κ1) is 20.6. The second kappa shape index (κ2) is 8.59. The van der Waals surface area contributed by atoms with Crippen molar-refractivity contribution in [3.63, 3.8) is 0 Å². The summed E-state index contributed by atoms with van der Waals surface area (Å²) in [5.41, 5.74) is -0.725. The molecule has 0 radical (unpaired) electrons. The number of anilines is 1. The molecule has 0 saturated heterocycles. The van der Waals surface area contributed by atoms with Crippen LogP contribution in [0.25, 0.3) is 0 Å².